The maximum Gasteiger partial charge on any atom is 0.259 e. The summed E-state index contributed by atoms with van der Waals surface area (Å²) in [5.74, 6) is -0.619. The van der Waals surface area contributed by atoms with Gasteiger partial charge in [-0.3, -0.25) is 4.79 Å². The molecular weight excluding hydrogens is 208 g/mol. The third-order valence-corrected chi connectivity index (χ3v) is 3.54. The Morgan fingerprint density at radius 3 is 3.00 bits per heavy atom. The molecule has 2 N–H and O–H groups in total. The minimum atomic E-state index is -0.619. The Morgan fingerprint density at radius 2 is 2.33 bits per heavy atom. The topological polar surface area (TPSA) is 66.9 Å². The Hall–Kier alpha value is -1.60. The number of amides is 1. The maximum absolute atomic E-state index is 11.1. The molecule has 0 fully saturated rings. The highest BCUT2D eigenvalue weighted by Gasteiger charge is 2.20. The maximum atomic E-state index is 11.1. The monoisotopic (exact) mass is 218 g/mol. The molecule has 0 unspecified atom stereocenters. The molecule has 0 aromatic carbocycles. The van der Waals surface area contributed by atoms with Gasteiger partial charge in [-0.2, -0.15) is 5.26 Å². The molecule has 0 spiro atoms. The van der Waals surface area contributed by atoms with E-state index in [-0.39, 0.29) is 5.57 Å². The van der Waals surface area contributed by atoms with Gasteiger partial charge in [-0.25, -0.2) is 0 Å². The number of hydrogen-bond acceptors (Lipinski definition) is 3. The molecule has 0 atom stereocenters. The van der Waals surface area contributed by atoms with E-state index >= 15 is 0 Å². The lowest BCUT2D eigenvalue weighted by Crippen LogP contribution is -2.15. The van der Waals surface area contributed by atoms with Gasteiger partial charge in [0.25, 0.3) is 5.91 Å². The number of hydrogen-bond donors (Lipinski definition) is 1. The standard InChI is InChI=1S/C11H10N2OS/c12-6-9(11(13)14)7-2-1-3-10-8(7)4-5-15-10/h4-5H,1-3H2,(H2,13,14). The molecule has 1 aliphatic carbocycles. The van der Waals surface area contributed by atoms with Gasteiger partial charge in [-0.1, -0.05) is 0 Å². The summed E-state index contributed by atoms with van der Waals surface area (Å²) in [4.78, 5) is 12.4. The zero-order valence-electron chi connectivity index (χ0n) is 8.12. The fourth-order valence-corrected chi connectivity index (χ4v) is 2.84. The summed E-state index contributed by atoms with van der Waals surface area (Å²) in [6.07, 6.45) is 2.80. The largest absolute Gasteiger partial charge is 0.365 e. The number of thiophene rings is 1. The van der Waals surface area contributed by atoms with E-state index in [4.69, 9.17) is 11.0 Å². The Bertz CT molecular complexity index is 479. The number of allylic oxidation sites excluding steroid dienone is 1. The Morgan fingerprint density at radius 1 is 1.53 bits per heavy atom. The third kappa shape index (κ3) is 1.66. The van der Waals surface area contributed by atoms with E-state index in [1.165, 1.54) is 4.88 Å². The predicted octanol–water partition coefficient (Wildman–Crippen LogP) is 1.85. The van der Waals surface area contributed by atoms with Crippen LogP contribution in [-0.2, 0) is 11.2 Å². The van der Waals surface area contributed by atoms with Crippen molar-refractivity contribution in [3.05, 3.63) is 27.5 Å². The second-order valence-corrected chi connectivity index (χ2v) is 4.44. The molecule has 15 heavy (non-hydrogen) atoms. The van der Waals surface area contributed by atoms with Crippen LogP contribution in [0, 0.1) is 11.3 Å². The van der Waals surface area contributed by atoms with E-state index in [1.54, 1.807) is 11.3 Å². The molecule has 0 bridgehead atoms. The molecule has 0 saturated heterocycles. The van der Waals surface area contributed by atoms with Crippen molar-refractivity contribution in [3.8, 4) is 6.07 Å². The van der Waals surface area contributed by atoms with E-state index in [0.717, 1.165) is 30.4 Å². The van der Waals surface area contributed by atoms with Crippen LogP contribution in [-0.4, -0.2) is 5.91 Å². The molecule has 1 amide bonds. The molecular formula is C11H10N2OS. The van der Waals surface area contributed by atoms with Crippen molar-refractivity contribution in [1.29, 1.82) is 5.26 Å². The zero-order chi connectivity index (χ0) is 10.8. The first-order chi connectivity index (χ1) is 7.24. The first-order valence-electron chi connectivity index (χ1n) is 4.74. The van der Waals surface area contributed by atoms with Gasteiger partial charge in [-0.05, 0) is 41.8 Å². The van der Waals surface area contributed by atoms with Crippen LogP contribution >= 0.6 is 11.3 Å². The summed E-state index contributed by atoms with van der Waals surface area (Å²) in [6, 6.07) is 3.88. The fraction of sp³-hybridized carbons (Fsp3) is 0.273. The molecule has 0 radical (unpaired) electrons. The summed E-state index contributed by atoms with van der Waals surface area (Å²) in [5.41, 5.74) is 7.18. The lowest BCUT2D eigenvalue weighted by Gasteiger charge is -2.15. The highest BCUT2D eigenvalue weighted by molar-refractivity contribution is 7.10. The van der Waals surface area contributed by atoms with Crippen molar-refractivity contribution in [2.24, 2.45) is 5.73 Å². The summed E-state index contributed by atoms with van der Waals surface area (Å²) >= 11 is 1.67. The number of carbonyl (C=O) groups excluding carboxylic acids is 1. The van der Waals surface area contributed by atoms with E-state index in [2.05, 4.69) is 0 Å². The van der Waals surface area contributed by atoms with Crippen molar-refractivity contribution in [1.82, 2.24) is 0 Å². The van der Waals surface area contributed by atoms with Crippen LogP contribution in [0.15, 0.2) is 17.0 Å². The number of carbonyl (C=O) groups is 1. The van der Waals surface area contributed by atoms with E-state index in [1.807, 2.05) is 17.5 Å². The van der Waals surface area contributed by atoms with Crippen LogP contribution in [0.2, 0.25) is 0 Å². The number of fused-ring (bicyclic) bond motifs is 1. The number of nitrogens with zero attached hydrogens (tertiary/aromatic N) is 1. The zero-order valence-corrected chi connectivity index (χ0v) is 8.93. The van der Waals surface area contributed by atoms with Crippen molar-refractivity contribution in [3.63, 3.8) is 0 Å². The van der Waals surface area contributed by atoms with Gasteiger partial charge in [0.2, 0.25) is 0 Å². The second kappa shape index (κ2) is 3.87. The molecule has 2 rings (SSSR count). The Balaban J connectivity index is 2.59. The molecule has 1 aromatic heterocycles. The average Bonchev–Trinajstić information content (AvgIpc) is 2.66. The molecule has 1 heterocycles. The van der Waals surface area contributed by atoms with Crippen LogP contribution in [0.5, 0.6) is 0 Å². The van der Waals surface area contributed by atoms with Crippen LogP contribution in [0.25, 0.3) is 5.57 Å². The molecule has 3 nitrogen and oxygen atoms in total. The Labute approximate surface area is 91.8 Å². The number of aryl methyl sites for hydroxylation is 1. The van der Waals surface area contributed by atoms with Crippen molar-refractivity contribution < 1.29 is 4.79 Å². The lowest BCUT2D eigenvalue weighted by molar-refractivity contribution is -0.114. The number of primary amides is 1. The number of rotatable bonds is 1. The smallest absolute Gasteiger partial charge is 0.259 e. The lowest BCUT2D eigenvalue weighted by atomic mass is 9.90. The molecule has 0 saturated carbocycles. The predicted molar refractivity (Wildman–Crippen MR) is 59.0 cm³/mol. The van der Waals surface area contributed by atoms with Gasteiger partial charge in [0.05, 0.1) is 0 Å². The number of nitrogens with two attached hydrogens (primary N) is 1. The van der Waals surface area contributed by atoms with Crippen LogP contribution in [0.4, 0.5) is 0 Å². The van der Waals surface area contributed by atoms with E-state index in [0.29, 0.717) is 0 Å². The number of nitriles is 1. The van der Waals surface area contributed by atoms with Gasteiger partial charge in [0.15, 0.2) is 0 Å². The summed E-state index contributed by atoms with van der Waals surface area (Å²) in [7, 11) is 0. The minimum absolute atomic E-state index is 0.120. The molecule has 0 aliphatic heterocycles. The molecule has 1 aromatic rings. The molecule has 76 valence electrons. The summed E-state index contributed by atoms with van der Waals surface area (Å²) in [5, 5.41) is 10.9. The normalized spacial score (nSPS) is 17.8. The van der Waals surface area contributed by atoms with Gasteiger partial charge < -0.3 is 5.73 Å². The van der Waals surface area contributed by atoms with E-state index < -0.39 is 5.91 Å². The molecule has 1 aliphatic rings. The van der Waals surface area contributed by atoms with Crippen LogP contribution in [0.1, 0.15) is 23.3 Å². The van der Waals surface area contributed by atoms with Gasteiger partial charge in [-0.15, -0.1) is 11.3 Å². The third-order valence-electron chi connectivity index (χ3n) is 2.56. The summed E-state index contributed by atoms with van der Waals surface area (Å²) in [6.45, 7) is 0. The van der Waals surface area contributed by atoms with Crippen LogP contribution < -0.4 is 5.73 Å². The quantitative estimate of drug-likeness (QED) is 0.577. The first kappa shape index (κ1) is 9.94. The van der Waals surface area contributed by atoms with Crippen molar-refractivity contribution in [2.75, 3.05) is 0 Å². The van der Waals surface area contributed by atoms with Crippen molar-refractivity contribution in [2.45, 2.75) is 19.3 Å². The molecule has 4 heteroatoms. The minimum Gasteiger partial charge on any atom is -0.365 e. The second-order valence-electron chi connectivity index (χ2n) is 3.44. The highest BCUT2D eigenvalue weighted by atomic mass is 32.1. The van der Waals surface area contributed by atoms with Gasteiger partial charge in [0.1, 0.15) is 11.6 Å². The van der Waals surface area contributed by atoms with E-state index in [9.17, 15) is 4.79 Å². The van der Waals surface area contributed by atoms with Crippen molar-refractivity contribution >= 4 is 22.8 Å². The average molecular weight is 218 g/mol. The van der Waals surface area contributed by atoms with Gasteiger partial charge >= 0.3 is 0 Å². The summed E-state index contributed by atoms with van der Waals surface area (Å²) < 4.78 is 0. The fourth-order valence-electron chi connectivity index (χ4n) is 1.89. The highest BCUT2D eigenvalue weighted by Crippen LogP contribution is 2.35. The van der Waals surface area contributed by atoms with Gasteiger partial charge in [0, 0.05) is 4.88 Å². The SMILES string of the molecule is N#CC(C(N)=O)=C1CCCc2sccc21. The first-order valence-corrected chi connectivity index (χ1v) is 5.62. The Kier molecular flexibility index (Phi) is 2.57. The van der Waals surface area contributed by atoms with Crippen LogP contribution in [0.3, 0.4) is 0 Å².